The van der Waals surface area contributed by atoms with Gasteiger partial charge in [-0.1, -0.05) is 60.8 Å². The summed E-state index contributed by atoms with van der Waals surface area (Å²) >= 11 is 12.3. The number of benzene rings is 2. The number of halogens is 2. The molecule has 1 aliphatic rings. The van der Waals surface area contributed by atoms with Crippen LogP contribution in [-0.4, -0.2) is 34.0 Å². The number of carbonyl (C=O) groups excluding carboxylic acids is 1. The van der Waals surface area contributed by atoms with E-state index in [0.29, 0.717) is 28.5 Å². The van der Waals surface area contributed by atoms with Crippen molar-refractivity contribution in [1.29, 1.82) is 5.26 Å². The van der Waals surface area contributed by atoms with Crippen LogP contribution in [0.2, 0.25) is 10.0 Å². The van der Waals surface area contributed by atoms with Gasteiger partial charge in [-0.25, -0.2) is 0 Å². The molecule has 3 rings (SSSR count). The summed E-state index contributed by atoms with van der Waals surface area (Å²) in [5.41, 5.74) is 1.42. The Hall–Kier alpha value is -2.59. The molecule has 1 saturated heterocycles. The molecule has 1 unspecified atom stereocenters. The Morgan fingerprint density at radius 1 is 1.19 bits per heavy atom. The number of amides is 1. The number of aliphatic carboxylic acids is 1. The molecule has 1 heterocycles. The number of hydrogen-bond acceptors (Lipinski definition) is 4. The molecule has 1 fully saturated rings. The Kier molecular flexibility index (Phi) is 7.55. The zero-order valence-electron chi connectivity index (χ0n) is 16.9. The molecule has 0 aromatic heterocycles. The summed E-state index contributed by atoms with van der Waals surface area (Å²) in [4.78, 5) is 26.3. The predicted octanol–water partition coefficient (Wildman–Crippen LogP) is 5.17. The molecule has 0 aliphatic carbocycles. The van der Waals surface area contributed by atoms with Crippen LogP contribution in [0.1, 0.15) is 49.5 Å². The van der Waals surface area contributed by atoms with Crippen molar-refractivity contribution < 1.29 is 19.4 Å². The van der Waals surface area contributed by atoms with Crippen molar-refractivity contribution in [2.24, 2.45) is 0 Å². The molecule has 0 saturated carbocycles. The smallest absolute Gasteiger partial charge is 0.306 e. The van der Waals surface area contributed by atoms with Gasteiger partial charge in [0.1, 0.15) is 18.2 Å². The number of nitrogens with zero attached hydrogens (tertiary/aromatic N) is 2. The Morgan fingerprint density at radius 2 is 1.90 bits per heavy atom. The average Bonchev–Trinajstić information content (AvgIpc) is 2.74. The van der Waals surface area contributed by atoms with Crippen LogP contribution in [0.25, 0.3) is 0 Å². The van der Waals surface area contributed by atoms with E-state index in [1.54, 1.807) is 42.5 Å². The summed E-state index contributed by atoms with van der Waals surface area (Å²) in [6.07, 6.45) is -1.28. The summed E-state index contributed by atoms with van der Waals surface area (Å²) in [5.74, 6) is -1.67. The second-order valence-electron chi connectivity index (χ2n) is 7.37. The maximum absolute atomic E-state index is 13.4. The fourth-order valence-electron chi connectivity index (χ4n) is 3.88. The molecule has 0 radical (unpaired) electrons. The molecule has 0 spiro atoms. The molecule has 162 valence electrons. The largest absolute Gasteiger partial charge is 0.481 e. The maximum atomic E-state index is 13.4. The van der Waals surface area contributed by atoms with E-state index < -0.39 is 42.6 Å². The molecule has 2 aromatic carbocycles. The molecule has 6 nitrogen and oxygen atoms in total. The van der Waals surface area contributed by atoms with Gasteiger partial charge in [0.05, 0.1) is 18.5 Å². The van der Waals surface area contributed by atoms with Crippen LogP contribution >= 0.6 is 23.2 Å². The van der Waals surface area contributed by atoms with Crippen LogP contribution in [-0.2, 0) is 14.3 Å². The highest BCUT2D eigenvalue weighted by Gasteiger charge is 2.47. The van der Waals surface area contributed by atoms with Crippen molar-refractivity contribution in [3.63, 3.8) is 0 Å². The first-order valence-corrected chi connectivity index (χ1v) is 10.7. The van der Waals surface area contributed by atoms with E-state index in [9.17, 15) is 20.0 Å². The molecular formula is C23H22Cl2N2O4. The summed E-state index contributed by atoms with van der Waals surface area (Å²) in [6.45, 7) is 1.93. The van der Waals surface area contributed by atoms with Gasteiger partial charge in [-0.05, 0) is 41.8 Å². The lowest BCUT2D eigenvalue weighted by Crippen LogP contribution is -2.55. The van der Waals surface area contributed by atoms with Crippen molar-refractivity contribution in [3.05, 3.63) is 69.7 Å². The van der Waals surface area contributed by atoms with Crippen LogP contribution in [0.3, 0.4) is 0 Å². The van der Waals surface area contributed by atoms with Crippen molar-refractivity contribution >= 4 is 35.1 Å². The Labute approximate surface area is 190 Å². The third-order valence-electron chi connectivity index (χ3n) is 5.22. The molecule has 1 amide bonds. The SMILES string of the molecule is CCCC(C#N)N1C(=O)[C@@H](CC(=O)O)O[C@H](c2cccc(Cl)c2)[C@@H]1c1ccc(Cl)cc1. The molecule has 0 bridgehead atoms. The number of carbonyl (C=O) groups is 2. The maximum Gasteiger partial charge on any atom is 0.306 e. The molecule has 1 aliphatic heterocycles. The molecule has 8 heteroatoms. The lowest BCUT2D eigenvalue weighted by molar-refractivity contribution is -0.181. The van der Waals surface area contributed by atoms with E-state index in [4.69, 9.17) is 27.9 Å². The normalized spacial score (nSPS) is 22.1. The first-order valence-electron chi connectivity index (χ1n) is 9.95. The molecule has 2 aromatic rings. The quantitative estimate of drug-likeness (QED) is 0.615. The average molecular weight is 461 g/mol. The van der Waals surface area contributed by atoms with E-state index in [-0.39, 0.29) is 0 Å². The van der Waals surface area contributed by atoms with E-state index in [1.807, 2.05) is 13.0 Å². The first-order chi connectivity index (χ1) is 14.8. The molecule has 4 atom stereocenters. The van der Waals surface area contributed by atoms with E-state index in [1.165, 1.54) is 4.90 Å². The molecule has 31 heavy (non-hydrogen) atoms. The van der Waals surface area contributed by atoms with Crippen molar-refractivity contribution in [2.45, 2.75) is 50.5 Å². The van der Waals surface area contributed by atoms with Crippen LogP contribution in [0.5, 0.6) is 0 Å². The minimum absolute atomic E-state index is 0.453. The van der Waals surface area contributed by atoms with Gasteiger partial charge in [-0.3, -0.25) is 9.59 Å². The molecular weight excluding hydrogens is 439 g/mol. The zero-order valence-corrected chi connectivity index (χ0v) is 18.4. The Bertz CT molecular complexity index is 990. The van der Waals surface area contributed by atoms with Crippen LogP contribution in [0.4, 0.5) is 0 Å². The van der Waals surface area contributed by atoms with Gasteiger partial charge in [-0.15, -0.1) is 0 Å². The monoisotopic (exact) mass is 460 g/mol. The topological polar surface area (TPSA) is 90.6 Å². The summed E-state index contributed by atoms with van der Waals surface area (Å²) in [7, 11) is 0. The van der Waals surface area contributed by atoms with Gasteiger partial charge in [0.15, 0.2) is 0 Å². The number of hydrogen-bond donors (Lipinski definition) is 1. The van der Waals surface area contributed by atoms with Gasteiger partial charge >= 0.3 is 5.97 Å². The third kappa shape index (κ3) is 5.19. The van der Waals surface area contributed by atoms with Crippen molar-refractivity contribution in [2.75, 3.05) is 0 Å². The van der Waals surface area contributed by atoms with Crippen LogP contribution in [0, 0.1) is 11.3 Å². The highest BCUT2D eigenvalue weighted by molar-refractivity contribution is 6.30. The summed E-state index contributed by atoms with van der Waals surface area (Å²) < 4.78 is 6.08. The second kappa shape index (κ2) is 10.1. The molecule has 1 N–H and O–H groups in total. The highest BCUT2D eigenvalue weighted by Crippen LogP contribution is 2.44. The van der Waals surface area contributed by atoms with Gasteiger partial charge in [0.2, 0.25) is 0 Å². The van der Waals surface area contributed by atoms with Gasteiger partial charge < -0.3 is 14.7 Å². The number of morpholine rings is 1. The summed E-state index contributed by atoms with van der Waals surface area (Å²) in [6, 6.07) is 14.8. The third-order valence-corrected chi connectivity index (χ3v) is 5.71. The second-order valence-corrected chi connectivity index (χ2v) is 8.25. The van der Waals surface area contributed by atoms with Crippen molar-refractivity contribution in [3.8, 4) is 6.07 Å². The van der Waals surface area contributed by atoms with Crippen LogP contribution < -0.4 is 0 Å². The zero-order chi connectivity index (χ0) is 22.5. The van der Waals surface area contributed by atoms with Gasteiger partial charge in [-0.2, -0.15) is 5.26 Å². The Morgan fingerprint density at radius 3 is 2.48 bits per heavy atom. The number of carboxylic acids is 1. The van der Waals surface area contributed by atoms with E-state index in [2.05, 4.69) is 6.07 Å². The predicted molar refractivity (Wildman–Crippen MR) is 117 cm³/mol. The standard InChI is InChI=1S/C23H22Cl2N2O4/c1-2-4-18(13-26)27-21(14-7-9-16(24)10-8-14)22(15-5-3-6-17(25)11-15)31-19(23(27)30)12-20(28)29/h3,5-11,18-19,21-22H,2,4,12H2,1H3,(H,28,29)/t18?,19-,21+,22-/m1/s1. The fraction of sp³-hybridized carbons (Fsp3) is 0.348. The van der Waals surface area contributed by atoms with E-state index >= 15 is 0 Å². The van der Waals surface area contributed by atoms with Crippen LogP contribution in [0.15, 0.2) is 48.5 Å². The van der Waals surface area contributed by atoms with Gasteiger partial charge in [0.25, 0.3) is 5.91 Å². The first kappa shape index (κ1) is 23.1. The Balaban J connectivity index is 2.18. The number of rotatable bonds is 7. The van der Waals surface area contributed by atoms with E-state index in [0.717, 1.165) is 5.56 Å². The highest BCUT2D eigenvalue weighted by atomic mass is 35.5. The number of ether oxygens (including phenoxy) is 1. The van der Waals surface area contributed by atoms with Gasteiger partial charge in [0, 0.05) is 10.0 Å². The lowest BCUT2D eigenvalue weighted by Gasteiger charge is -2.46. The van der Waals surface area contributed by atoms with Crippen molar-refractivity contribution in [1.82, 2.24) is 4.90 Å². The minimum atomic E-state index is -1.21. The minimum Gasteiger partial charge on any atom is -0.481 e. The fourth-order valence-corrected chi connectivity index (χ4v) is 4.20. The summed E-state index contributed by atoms with van der Waals surface area (Å²) in [5, 5.41) is 20.2. The number of carboxylic acid groups (broad SMARTS) is 1. The number of nitriles is 1. The lowest BCUT2D eigenvalue weighted by atomic mass is 9.89.